The van der Waals surface area contributed by atoms with Crippen LogP contribution < -0.4 is 0 Å². The fourth-order valence-electron chi connectivity index (χ4n) is 2.26. The smallest absolute Gasteiger partial charge is 0.0727 e. The molecular formula is C14H19NO. The van der Waals surface area contributed by atoms with Gasteiger partial charge in [-0.15, -0.1) is 6.58 Å². The van der Waals surface area contributed by atoms with Gasteiger partial charge < -0.3 is 5.11 Å². The van der Waals surface area contributed by atoms with E-state index in [9.17, 15) is 5.11 Å². The zero-order valence-corrected chi connectivity index (χ0v) is 9.76. The van der Waals surface area contributed by atoms with Crippen molar-refractivity contribution in [1.29, 1.82) is 0 Å². The summed E-state index contributed by atoms with van der Waals surface area (Å²) in [5, 5.41) is 9.94. The van der Waals surface area contributed by atoms with Crippen LogP contribution in [0.25, 0.3) is 0 Å². The van der Waals surface area contributed by atoms with E-state index in [1.807, 2.05) is 0 Å². The molecule has 0 aliphatic carbocycles. The molecule has 0 fully saturated rings. The largest absolute Gasteiger partial charge is 0.391 e. The molecule has 2 rings (SSSR count). The predicted molar refractivity (Wildman–Crippen MR) is 66.0 cm³/mol. The van der Waals surface area contributed by atoms with Crippen LogP contribution in [-0.4, -0.2) is 22.2 Å². The number of nitrogens with zero attached hydrogens (tertiary/aromatic N) is 1. The van der Waals surface area contributed by atoms with Crippen LogP contribution in [-0.2, 0) is 13.1 Å². The number of hydrogen-bond donors (Lipinski definition) is 1. The summed E-state index contributed by atoms with van der Waals surface area (Å²) in [4.78, 5) is 2.32. The van der Waals surface area contributed by atoms with E-state index in [1.165, 1.54) is 11.1 Å². The first kappa shape index (κ1) is 11.4. The van der Waals surface area contributed by atoms with E-state index >= 15 is 0 Å². The molecular weight excluding hydrogens is 198 g/mol. The first-order valence-corrected chi connectivity index (χ1v) is 5.82. The Labute approximate surface area is 97.2 Å². The molecule has 1 aromatic carbocycles. The molecule has 0 unspecified atom stereocenters. The lowest BCUT2D eigenvalue weighted by atomic mass is 10.1. The van der Waals surface area contributed by atoms with Gasteiger partial charge in [-0.25, -0.2) is 0 Å². The van der Waals surface area contributed by atoms with E-state index in [-0.39, 0.29) is 12.1 Å². The van der Waals surface area contributed by atoms with Crippen LogP contribution in [0.5, 0.6) is 0 Å². The average Bonchev–Trinajstić information content (AvgIpc) is 2.71. The Bertz CT molecular complexity index is 350. The Morgan fingerprint density at radius 3 is 2.44 bits per heavy atom. The van der Waals surface area contributed by atoms with Crippen LogP contribution in [0, 0.1) is 0 Å². The van der Waals surface area contributed by atoms with Gasteiger partial charge in [-0.2, -0.15) is 0 Å². The maximum Gasteiger partial charge on any atom is 0.0727 e. The van der Waals surface area contributed by atoms with Gasteiger partial charge in [0.05, 0.1) is 6.10 Å². The second-order valence-corrected chi connectivity index (χ2v) is 4.51. The molecule has 0 amide bonds. The lowest BCUT2D eigenvalue weighted by Gasteiger charge is -2.27. The summed E-state index contributed by atoms with van der Waals surface area (Å²) in [5.41, 5.74) is 2.78. The van der Waals surface area contributed by atoms with Crippen molar-refractivity contribution in [3.05, 3.63) is 48.0 Å². The van der Waals surface area contributed by atoms with Crippen molar-refractivity contribution in [2.45, 2.75) is 38.6 Å². The van der Waals surface area contributed by atoms with Crippen molar-refractivity contribution < 1.29 is 5.11 Å². The summed E-state index contributed by atoms with van der Waals surface area (Å²) < 4.78 is 0. The lowest BCUT2D eigenvalue weighted by molar-refractivity contribution is 0.0586. The standard InChI is InChI=1S/C14H19NO/c1-3-6-14(16)11(2)15-9-12-7-4-5-8-13(12)10-15/h3-5,7-8,11,14,16H,1,6,9-10H2,2H3/t11-,14-/m0/s1. The highest BCUT2D eigenvalue weighted by Gasteiger charge is 2.26. The van der Waals surface area contributed by atoms with Crippen LogP contribution in [0.4, 0.5) is 0 Å². The molecule has 16 heavy (non-hydrogen) atoms. The number of benzene rings is 1. The molecule has 86 valence electrons. The molecule has 0 saturated heterocycles. The third kappa shape index (κ3) is 2.18. The number of hydrogen-bond acceptors (Lipinski definition) is 2. The first-order valence-electron chi connectivity index (χ1n) is 5.82. The minimum Gasteiger partial charge on any atom is -0.391 e. The second-order valence-electron chi connectivity index (χ2n) is 4.51. The molecule has 2 heteroatoms. The van der Waals surface area contributed by atoms with Gasteiger partial charge in [0, 0.05) is 19.1 Å². The molecule has 2 nitrogen and oxygen atoms in total. The summed E-state index contributed by atoms with van der Waals surface area (Å²) in [6, 6.07) is 8.68. The summed E-state index contributed by atoms with van der Waals surface area (Å²) in [5.74, 6) is 0. The third-order valence-electron chi connectivity index (χ3n) is 3.41. The summed E-state index contributed by atoms with van der Waals surface area (Å²) in [6.07, 6.45) is 2.13. The summed E-state index contributed by atoms with van der Waals surface area (Å²) in [7, 11) is 0. The fraction of sp³-hybridized carbons (Fsp3) is 0.429. The number of rotatable bonds is 4. The van der Waals surface area contributed by atoms with Gasteiger partial charge >= 0.3 is 0 Å². The number of aliphatic hydroxyl groups excluding tert-OH is 1. The molecule has 0 radical (unpaired) electrons. The molecule has 1 heterocycles. The number of aliphatic hydroxyl groups is 1. The van der Waals surface area contributed by atoms with Gasteiger partial charge in [-0.1, -0.05) is 30.3 Å². The highest BCUT2D eigenvalue weighted by atomic mass is 16.3. The summed E-state index contributed by atoms with van der Waals surface area (Å²) >= 11 is 0. The highest BCUT2D eigenvalue weighted by Crippen LogP contribution is 2.25. The van der Waals surface area contributed by atoms with E-state index in [0.717, 1.165) is 13.1 Å². The molecule has 0 spiro atoms. The van der Waals surface area contributed by atoms with Gasteiger partial charge in [0.1, 0.15) is 0 Å². The Kier molecular flexibility index (Phi) is 3.42. The maximum absolute atomic E-state index is 9.94. The van der Waals surface area contributed by atoms with E-state index in [4.69, 9.17) is 0 Å². The van der Waals surface area contributed by atoms with Crippen LogP contribution in [0.2, 0.25) is 0 Å². The Morgan fingerprint density at radius 2 is 1.94 bits per heavy atom. The Morgan fingerprint density at radius 1 is 1.38 bits per heavy atom. The number of fused-ring (bicyclic) bond motifs is 1. The van der Waals surface area contributed by atoms with E-state index in [0.29, 0.717) is 6.42 Å². The van der Waals surface area contributed by atoms with Crippen LogP contribution in [0.3, 0.4) is 0 Å². The lowest BCUT2D eigenvalue weighted by Crippen LogP contribution is -2.37. The molecule has 0 saturated carbocycles. The molecule has 1 aliphatic rings. The van der Waals surface area contributed by atoms with Gasteiger partial charge in [-0.3, -0.25) is 4.90 Å². The van der Waals surface area contributed by atoms with Crippen LogP contribution in [0.1, 0.15) is 24.5 Å². The van der Waals surface area contributed by atoms with E-state index in [1.54, 1.807) is 6.08 Å². The van der Waals surface area contributed by atoms with Crippen molar-refractivity contribution >= 4 is 0 Å². The minimum absolute atomic E-state index is 0.186. The minimum atomic E-state index is -0.313. The molecule has 0 bridgehead atoms. The van der Waals surface area contributed by atoms with E-state index in [2.05, 4.69) is 42.7 Å². The molecule has 1 N–H and O–H groups in total. The Hall–Kier alpha value is -1.12. The average molecular weight is 217 g/mol. The highest BCUT2D eigenvalue weighted by molar-refractivity contribution is 5.30. The van der Waals surface area contributed by atoms with E-state index < -0.39 is 0 Å². The summed E-state index contributed by atoms with van der Waals surface area (Å²) in [6.45, 7) is 7.65. The van der Waals surface area contributed by atoms with Crippen molar-refractivity contribution in [2.75, 3.05) is 0 Å². The zero-order valence-electron chi connectivity index (χ0n) is 9.76. The molecule has 1 aliphatic heterocycles. The first-order chi connectivity index (χ1) is 7.72. The van der Waals surface area contributed by atoms with Gasteiger partial charge in [-0.05, 0) is 24.5 Å². The zero-order chi connectivity index (χ0) is 11.5. The van der Waals surface area contributed by atoms with Crippen LogP contribution >= 0.6 is 0 Å². The van der Waals surface area contributed by atoms with Gasteiger partial charge in [0.2, 0.25) is 0 Å². The molecule has 0 aromatic heterocycles. The van der Waals surface area contributed by atoms with Gasteiger partial charge in [0.25, 0.3) is 0 Å². The fourth-order valence-corrected chi connectivity index (χ4v) is 2.26. The normalized spacial score (nSPS) is 19.1. The van der Waals surface area contributed by atoms with Crippen molar-refractivity contribution in [1.82, 2.24) is 4.90 Å². The molecule has 1 aromatic rings. The van der Waals surface area contributed by atoms with Crippen molar-refractivity contribution in [3.63, 3.8) is 0 Å². The topological polar surface area (TPSA) is 23.5 Å². The van der Waals surface area contributed by atoms with Crippen molar-refractivity contribution in [3.8, 4) is 0 Å². The van der Waals surface area contributed by atoms with Crippen molar-refractivity contribution in [2.24, 2.45) is 0 Å². The van der Waals surface area contributed by atoms with Crippen LogP contribution in [0.15, 0.2) is 36.9 Å². The third-order valence-corrected chi connectivity index (χ3v) is 3.41. The SMILES string of the molecule is C=CC[C@H](O)[C@H](C)N1Cc2ccccc2C1. The maximum atomic E-state index is 9.94. The quantitative estimate of drug-likeness (QED) is 0.782. The monoisotopic (exact) mass is 217 g/mol. The second kappa shape index (κ2) is 4.81. The Balaban J connectivity index is 2.03. The molecule has 2 atom stereocenters. The predicted octanol–water partition coefficient (Wildman–Crippen LogP) is 2.33. The van der Waals surface area contributed by atoms with Gasteiger partial charge in [0.15, 0.2) is 0 Å².